The van der Waals surface area contributed by atoms with E-state index in [1.807, 2.05) is 44.2 Å². The molecule has 0 radical (unpaired) electrons. The average molecular weight is 321 g/mol. The predicted octanol–water partition coefficient (Wildman–Crippen LogP) is 2.95. The molecule has 1 N–H and O–H groups in total. The van der Waals surface area contributed by atoms with E-state index in [-0.39, 0.29) is 6.04 Å². The molecule has 5 nitrogen and oxygen atoms in total. The first-order valence-electron chi connectivity index (χ1n) is 7.52. The topological polar surface area (TPSA) is 64.0 Å². The van der Waals surface area contributed by atoms with Gasteiger partial charge in [0, 0.05) is 12.6 Å². The van der Waals surface area contributed by atoms with E-state index in [1.165, 1.54) is 0 Å². The third kappa shape index (κ3) is 3.23. The highest BCUT2D eigenvalue weighted by Crippen LogP contribution is 2.24. The molecule has 0 unspecified atom stereocenters. The van der Waals surface area contributed by atoms with E-state index in [9.17, 15) is 8.42 Å². The highest BCUT2D eigenvalue weighted by atomic mass is 32.2. The van der Waals surface area contributed by atoms with Crippen LogP contribution < -0.4 is 4.72 Å². The molecule has 0 saturated heterocycles. The van der Waals surface area contributed by atoms with Crippen molar-refractivity contribution in [2.24, 2.45) is 0 Å². The standard InChI is InChI=1S/C16H23N3O2S/c1-5-15(14-10-8-7-9-11-14)18-22(20,21)16-12(3)17-19(6-2)13(16)4/h7-11,15,18H,5-6H2,1-4H3/t15-/m0/s1. The van der Waals surface area contributed by atoms with Gasteiger partial charge >= 0.3 is 0 Å². The number of benzene rings is 1. The molecule has 2 aromatic rings. The highest BCUT2D eigenvalue weighted by Gasteiger charge is 2.27. The lowest BCUT2D eigenvalue weighted by molar-refractivity contribution is 0.548. The van der Waals surface area contributed by atoms with Crippen molar-refractivity contribution in [1.29, 1.82) is 0 Å². The Kier molecular flexibility index (Phi) is 5.03. The second-order valence-electron chi connectivity index (χ2n) is 5.31. The lowest BCUT2D eigenvalue weighted by Gasteiger charge is -2.17. The minimum Gasteiger partial charge on any atom is -0.268 e. The van der Waals surface area contributed by atoms with Crippen LogP contribution in [0.25, 0.3) is 0 Å². The van der Waals surface area contributed by atoms with Crippen LogP contribution in [0.5, 0.6) is 0 Å². The van der Waals surface area contributed by atoms with Gasteiger partial charge in [-0.25, -0.2) is 13.1 Å². The molecule has 0 spiro atoms. The fourth-order valence-electron chi connectivity index (χ4n) is 2.70. The molecule has 0 amide bonds. The van der Waals surface area contributed by atoms with Gasteiger partial charge in [-0.05, 0) is 32.8 Å². The zero-order valence-electron chi connectivity index (χ0n) is 13.5. The molecular weight excluding hydrogens is 298 g/mol. The van der Waals surface area contributed by atoms with E-state index < -0.39 is 10.0 Å². The molecule has 2 rings (SSSR count). The minimum atomic E-state index is -3.60. The van der Waals surface area contributed by atoms with Crippen LogP contribution in [0, 0.1) is 13.8 Å². The smallest absolute Gasteiger partial charge is 0.244 e. The maximum atomic E-state index is 12.8. The van der Waals surface area contributed by atoms with Crippen LogP contribution in [-0.2, 0) is 16.6 Å². The molecule has 0 aliphatic heterocycles. The molecule has 120 valence electrons. The molecular formula is C16H23N3O2S. The van der Waals surface area contributed by atoms with Crippen molar-refractivity contribution >= 4 is 10.0 Å². The van der Waals surface area contributed by atoms with Crippen molar-refractivity contribution in [2.75, 3.05) is 0 Å². The Morgan fingerprint density at radius 2 is 1.82 bits per heavy atom. The van der Waals surface area contributed by atoms with Gasteiger partial charge in [0.1, 0.15) is 4.90 Å². The molecule has 1 aromatic heterocycles. The number of hydrogen-bond donors (Lipinski definition) is 1. The van der Waals surface area contributed by atoms with Crippen molar-refractivity contribution in [2.45, 2.75) is 51.6 Å². The number of aryl methyl sites for hydroxylation is 2. The first-order valence-corrected chi connectivity index (χ1v) is 9.00. The maximum absolute atomic E-state index is 12.8. The van der Waals surface area contributed by atoms with E-state index in [0.29, 0.717) is 29.2 Å². The second kappa shape index (κ2) is 6.62. The Hall–Kier alpha value is -1.66. The van der Waals surface area contributed by atoms with E-state index in [0.717, 1.165) is 5.56 Å². The van der Waals surface area contributed by atoms with E-state index >= 15 is 0 Å². The monoisotopic (exact) mass is 321 g/mol. The Morgan fingerprint density at radius 1 is 1.18 bits per heavy atom. The van der Waals surface area contributed by atoms with Crippen LogP contribution in [0.2, 0.25) is 0 Å². The van der Waals surface area contributed by atoms with Gasteiger partial charge in [0.25, 0.3) is 0 Å². The molecule has 0 aliphatic rings. The van der Waals surface area contributed by atoms with Crippen molar-refractivity contribution in [1.82, 2.24) is 14.5 Å². The van der Waals surface area contributed by atoms with Gasteiger partial charge in [-0.3, -0.25) is 4.68 Å². The molecule has 1 aromatic carbocycles. The third-order valence-corrected chi connectivity index (χ3v) is 5.51. The molecule has 0 fully saturated rings. The van der Waals surface area contributed by atoms with Gasteiger partial charge in [0.15, 0.2) is 0 Å². The zero-order valence-corrected chi connectivity index (χ0v) is 14.3. The van der Waals surface area contributed by atoms with Crippen LogP contribution in [0.4, 0.5) is 0 Å². The Labute approximate surface area is 132 Å². The van der Waals surface area contributed by atoms with Gasteiger partial charge in [0.05, 0.1) is 11.4 Å². The van der Waals surface area contributed by atoms with Gasteiger partial charge < -0.3 is 0 Å². The summed E-state index contributed by atoms with van der Waals surface area (Å²) in [7, 11) is -3.60. The summed E-state index contributed by atoms with van der Waals surface area (Å²) in [6.45, 7) is 8.09. The molecule has 0 bridgehead atoms. The molecule has 1 heterocycles. The van der Waals surface area contributed by atoms with Gasteiger partial charge in [-0.15, -0.1) is 0 Å². The van der Waals surface area contributed by atoms with Gasteiger partial charge in [-0.2, -0.15) is 5.10 Å². The number of aromatic nitrogens is 2. The number of nitrogens with zero attached hydrogens (tertiary/aromatic N) is 2. The number of nitrogens with one attached hydrogen (secondary N) is 1. The largest absolute Gasteiger partial charge is 0.268 e. The Bertz CT molecular complexity index is 736. The Morgan fingerprint density at radius 3 is 2.32 bits per heavy atom. The first kappa shape index (κ1) is 16.7. The fourth-order valence-corrected chi connectivity index (χ4v) is 4.42. The van der Waals surface area contributed by atoms with Crippen LogP contribution in [0.3, 0.4) is 0 Å². The first-order chi connectivity index (χ1) is 10.4. The number of sulfonamides is 1. The Balaban J connectivity index is 2.37. The molecule has 1 atom stereocenters. The molecule has 0 aliphatic carbocycles. The van der Waals surface area contributed by atoms with Gasteiger partial charge in [-0.1, -0.05) is 37.3 Å². The maximum Gasteiger partial charge on any atom is 0.244 e. The summed E-state index contributed by atoms with van der Waals surface area (Å²) in [5.41, 5.74) is 2.18. The second-order valence-corrected chi connectivity index (χ2v) is 6.96. The zero-order chi connectivity index (χ0) is 16.3. The van der Waals surface area contributed by atoms with E-state index in [4.69, 9.17) is 0 Å². The summed E-state index contributed by atoms with van der Waals surface area (Å²) in [4.78, 5) is 0.295. The van der Waals surface area contributed by atoms with E-state index in [1.54, 1.807) is 18.5 Å². The lowest BCUT2D eigenvalue weighted by Crippen LogP contribution is -2.29. The number of hydrogen-bond acceptors (Lipinski definition) is 3. The van der Waals surface area contributed by atoms with Crippen LogP contribution >= 0.6 is 0 Å². The summed E-state index contributed by atoms with van der Waals surface area (Å²) in [6.07, 6.45) is 0.684. The quantitative estimate of drug-likeness (QED) is 0.889. The summed E-state index contributed by atoms with van der Waals surface area (Å²) in [6, 6.07) is 9.38. The molecule has 22 heavy (non-hydrogen) atoms. The van der Waals surface area contributed by atoms with Gasteiger partial charge in [0.2, 0.25) is 10.0 Å². The molecule has 0 saturated carbocycles. The van der Waals surface area contributed by atoms with Crippen molar-refractivity contribution in [3.05, 3.63) is 47.3 Å². The summed E-state index contributed by atoms with van der Waals surface area (Å²) < 4.78 is 30.1. The van der Waals surface area contributed by atoms with Crippen LogP contribution in [-0.4, -0.2) is 18.2 Å². The van der Waals surface area contributed by atoms with Crippen molar-refractivity contribution in [3.63, 3.8) is 0 Å². The molecule has 6 heteroatoms. The van der Waals surface area contributed by atoms with Crippen LogP contribution in [0.1, 0.15) is 43.3 Å². The predicted molar refractivity (Wildman–Crippen MR) is 87.2 cm³/mol. The third-order valence-electron chi connectivity index (χ3n) is 3.79. The lowest BCUT2D eigenvalue weighted by atomic mass is 10.1. The van der Waals surface area contributed by atoms with Crippen molar-refractivity contribution < 1.29 is 8.42 Å². The minimum absolute atomic E-state index is 0.241. The normalized spacial score (nSPS) is 13.3. The SMILES string of the molecule is CC[C@H](NS(=O)(=O)c1c(C)nn(CC)c1C)c1ccccc1. The average Bonchev–Trinajstić information content (AvgIpc) is 2.80. The summed E-state index contributed by atoms with van der Waals surface area (Å²) in [5, 5.41) is 4.30. The van der Waals surface area contributed by atoms with Crippen LogP contribution in [0.15, 0.2) is 35.2 Å². The fraction of sp³-hybridized carbons (Fsp3) is 0.438. The van der Waals surface area contributed by atoms with Crippen molar-refractivity contribution in [3.8, 4) is 0 Å². The van der Waals surface area contributed by atoms with E-state index in [2.05, 4.69) is 9.82 Å². The highest BCUT2D eigenvalue weighted by molar-refractivity contribution is 7.89. The summed E-state index contributed by atoms with van der Waals surface area (Å²) in [5.74, 6) is 0. The summed E-state index contributed by atoms with van der Waals surface area (Å²) >= 11 is 0. The number of rotatable bonds is 6.